The lowest BCUT2D eigenvalue weighted by Crippen LogP contribution is -2.65. The van der Waals surface area contributed by atoms with Crippen molar-refractivity contribution in [1.29, 1.82) is 0 Å². The first kappa shape index (κ1) is 31.9. The van der Waals surface area contributed by atoms with E-state index in [9.17, 15) is 0 Å². The molecule has 2 atom stereocenters. The number of hydrogen-bond donors (Lipinski definition) is 0. The largest absolute Gasteiger partial charge is 0.648 e. The highest BCUT2D eigenvalue weighted by atomic mass is 31.0. The van der Waals surface area contributed by atoms with E-state index in [4.69, 9.17) is 16.8 Å². The molecule has 0 aromatic carbocycles. The van der Waals surface area contributed by atoms with E-state index in [1.807, 2.05) is 0 Å². The average Bonchev–Trinajstić information content (AvgIpc) is 2.49. The van der Waals surface area contributed by atoms with Crippen molar-refractivity contribution in [3.05, 3.63) is 12.7 Å². The molecule has 0 radical (unpaired) electrons. The second kappa shape index (κ2) is 13.1. The zero-order valence-electron chi connectivity index (χ0n) is 22.5. The van der Waals surface area contributed by atoms with E-state index in [1.165, 1.54) is 0 Å². The van der Waals surface area contributed by atoms with Gasteiger partial charge in [-0.15, -0.1) is 15.8 Å². The van der Waals surface area contributed by atoms with Gasteiger partial charge in [0.25, 0.3) is 0 Å². The van der Waals surface area contributed by atoms with Crippen LogP contribution in [0.15, 0.2) is 12.7 Å². The van der Waals surface area contributed by atoms with Crippen molar-refractivity contribution in [2.24, 2.45) is 5.92 Å². The molecule has 0 aliphatic carbocycles. The smallest absolute Gasteiger partial charge is 0.395 e. The monoisotopic (exact) mass is 524 g/mol. The van der Waals surface area contributed by atoms with Crippen LogP contribution in [0.3, 0.4) is 0 Å². The Morgan fingerprint density at radius 3 is 1.58 bits per heavy atom. The van der Waals surface area contributed by atoms with Gasteiger partial charge in [0.1, 0.15) is 0 Å². The SMILES string of the molecule is C=CC(CCC)C[Si](C)(C)O[Si](OC(P)(CCC)CCC)(O[Si](C)(C)C)O[Si](C)(C)C. The Morgan fingerprint density at radius 1 is 0.806 bits per heavy atom. The molecule has 0 aromatic heterocycles. The van der Waals surface area contributed by atoms with E-state index in [-0.39, 0.29) is 5.34 Å². The molecule has 0 rings (SSSR count). The fourth-order valence-electron chi connectivity index (χ4n) is 3.88. The Bertz CT molecular complexity index is 511. The van der Waals surface area contributed by atoms with Gasteiger partial charge >= 0.3 is 9.05 Å². The van der Waals surface area contributed by atoms with Crippen molar-refractivity contribution >= 4 is 43.2 Å². The topological polar surface area (TPSA) is 36.9 Å². The van der Waals surface area contributed by atoms with Gasteiger partial charge in [-0.05, 0) is 83.6 Å². The first-order valence-corrected chi connectivity index (χ1v) is 24.3. The second-order valence-electron chi connectivity index (χ2n) is 11.4. The number of allylic oxidation sites excluding steroid dienone is 1. The molecule has 186 valence electrons. The zero-order valence-corrected chi connectivity index (χ0v) is 27.7. The van der Waals surface area contributed by atoms with Crippen LogP contribution in [0.2, 0.25) is 58.4 Å². The lowest BCUT2D eigenvalue weighted by molar-refractivity contribution is 0.0116. The van der Waals surface area contributed by atoms with Crippen molar-refractivity contribution in [1.82, 2.24) is 0 Å². The van der Waals surface area contributed by atoms with E-state index in [1.54, 1.807) is 0 Å². The maximum Gasteiger partial charge on any atom is 0.648 e. The summed E-state index contributed by atoms with van der Waals surface area (Å²) in [5.74, 6) is 0.462. The normalized spacial score (nSPS) is 15.2. The minimum Gasteiger partial charge on any atom is -0.395 e. The van der Waals surface area contributed by atoms with Crippen molar-refractivity contribution in [2.45, 2.75) is 123 Å². The molecule has 2 unspecified atom stereocenters. The van der Waals surface area contributed by atoms with E-state index in [0.717, 1.165) is 44.6 Å². The van der Waals surface area contributed by atoms with Crippen LogP contribution in [0.25, 0.3) is 0 Å². The summed E-state index contributed by atoms with van der Waals surface area (Å²) in [5.41, 5.74) is 0. The van der Waals surface area contributed by atoms with Gasteiger partial charge in [0.15, 0.2) is 25.0 Å². The van der Waals surface area contributed by atoms with E-state index in [2.05, 4.69) is 95.0 Å². The molecule has 31 heavy (non-hydrogen) atoms. The summed E-state index contributed by atoms with van der Waals surface area (Å²) < 4.78 is 27.7. The van der Waals surface area contributed by atoms with Crippen LogP contribution < -0.4 is 0 Å². The van der Waals surface area contributed by atoms with Gasteiger partial charge in [0.05, 0.1) is 5.34 Å². The zero-order chi connectivity index (χ0) is 24.6. The molecule has 9 heteroatoms. The summed E-state index contributed by atoms with van der Waals surface area (Å²) in [4.78, 5) is 0. The Balaban J connectivity index is 6.29. The van der Waals surface area contributed by atoms with Crippen molar-refractivity contribution in [3.63, 3.8) is 0 Å². The maximum atomic E-state index is 7.06. The standard InChI is InChI=1S/C22H53O4PSi4/c1-13-17-21(16-4)20-30(11,12)26-31(24-28(5,6)7,25-29(8,9)10)23-22(27,18-14-2)19-15-3/h16,21H,4,13-15,17-20,27H2,1-3,5-12H3. The van der Waals surface area contributed by atoms with Gasteiger partial charge < -0.3 is 16.8 Å². The van der Waals surface area contributed by atoms with Crippen LogP contribution in [-0.2, 0) is 16.8 Å². The summed E-state index contributed by atoms with van der Waals surface area (Å²) in [6.45, 7) is 28.5. The van der Waals surface area contributed by atoms with E-state index < -0.39 is 34.0 Å². The minimum absolute atomic E-state index is 0.374. The van der Waals surface area contributed by atoms with Crippen molar-refractivity contribution in [2.75, 3.05) is 0 Å². The van der Waals surface area contributed by atoms with Gasteiger partial charge in [0, 0.05) is 0 Å². The third-order valence-corrected chi connectivity index (χ3v) is 17.9. The molecule has 0 saturated heterocycles. The Labute approximate surface area is 201 Å². The molecular formula is C22H53O4PSi4. The van der Waals surface area contributed by atoms with Gasteiger partial charge in [-0.1, -0.05) is 46.1 Å². The van der Waals surface area contributed by atoms with Gasteiger partial charge in [-0.3, -0.25) is 0 Å². The third-order valence-electron chi connectivity index (χ3n) is 4.68. The lowest BCUT2D eigenvalue weighted by Gasteiger charge is -2.46. The van der Waals surface area contributed by atoms with E-state index >= 15 is 0 Å². The van der Waals surface area contributed by atoms with E-state index in [0.29, 0.717) is 5.92 Å². The molecular weight excluding hydrogens is 472 g/mol. The van der Waals surface area contributed by atoms with Gasteiger partial charge in [0.2, 0.25) is 0 Å². The molecule has 0 fully saturated rings. The highest BCUT2D eigenvalue weighted by molar-refractivity contribution is 7.18. The fourth-order valence-corrected chi connectivity index (χ4v) is 18.4. The molecule has 4 nitrogen and oxygen atoms in total. The lowest BCUT2D eigenvalue weighted by atomic mass is 10.1. The Hall–Kier alpha value is 0.878. The first-order valence-electron chi connectivity index (χ1n) is 12.2. The number of rotatable bonds is 17. The van der Waals surface area contributed by atoms with Crippen molar-refractivity contribution in [3.8, 4) is 0 Å². The summed E-state index contributed by atoms with van der Waals surface area (Å²) in [6.07, 6.45) is 8.37. The minimum atomic E-state index is -3.38. The predicted molar refractivity (Wildman–Crippen MR) is 150 cm³/mol. The summed E-state index contributed by atoms with van der Waals surface area (Å²) in [6, 6.07) is 1.01. The van der Waals surface area contributed by atoms with Crippen LogP contribution in [0.1, 0.15) is 59.3 Å². The van der Waals surface area contributed by atoms with Crippen LogP contribution in [0, 0.1) is 5.92 Å². The first-order chi connectivity index (χ1) is 13.9. The highest BCUT2D eigenvalue weighted by Gasteiger charge is 2.57. The Kier molecular flexibility index (Phi) is 13.5. The molecule has 0 aromatic rings. The summed E-state index contributed by atoms with van der Waals surface area (Å²) in [7, 11) is -6.54. The summed E-state index contributed by atoms with van der Waals surface area (Å²) >= 11 is 0. The maximum absolute atomic E-state index is 7.06. The van der Waals surface area contributed by atoms with Crippen LogP contribution in [-0.4, -0.2) is 39.3 Å². The fraction of sp³-hybridized carbons (Fsp3) is 0.909. The molecule has 0 amide bonds. The molecule has 0 spiro atoms. The van der Waals surface area contributed by atoms with Gasteiger partial charge in [-0.2, -0.15) is 0 Å². The predicted octanol–water partition coefficient (Wildman–Crippen LogP) is 8.14. The molecule has 0 N–H and O–H groups in total. The average molecular weight is 525 g/mol. The Morgan fingerprint density at radius 2 is 1.26 bits per heavy atom. The highest BCUT2D eigenvalue weighted by Crippen LogP contribution is 2.39. The molecule has 0 saturated carbocycles. The molecule has 0 heterocycles. The molecule has 0 aliphatic rings. The van der Waals surface area contributed by atoms with Crippen LogP contribution in [0.4, 0.5) is 0 Å². The van der Waals surface area contributed by atoms with Crippen LogP contribution in [0.5, 0.6) is 0 Å². The van der Waals surface area contributed by atoms with Crippen LogP contribution >= 0.6 is 9.24 Å². The quantitative estimate of drug-likeness (QED) is 0.109. The number of hydrogen-bond acceptors (Lipinski definition) is 4. The third kappa shape index (κ3) is 14.0. The van der Waals surface area contributed by atoms with Crippen molar-refractivity contribution < 1.29 is 16.8 Å². The molecule has 0 bridgehead atoms. The molecule has 0 aliphatic heterocycles. The van der Waals surface area contributed by atoms with Gasteiger partial charge in [-0.25, -0.2) is 0 Å². The summed E-state index contributed by atoms with van der Waals surface area (Å²) in [5, 5.41) is -0.374. The second-order valence-corrected chi connectivity index (χ2v) is 28.5.